The molecule has 0 radical (unpaired) electrons. The van der Waals surface area contributed by atoms with Crippen LogP contribution in [0.2, 0.25) is 0 Å². The molecule has 2 aromatic rings. The standard InChI is InChI=1S/C17H20O2/c1-11-5-7-13(3)14(9-11)17(18)15-10-12(2)6-8-16(15)19-4/h5-10,17-18H,1-4H3. The normalized spacial score (nSPS) is 12.3. The van der Waals surface area contributed by atoms with Crippen molar-refractivity contribution < 1.29 is 9.84 Å². The van der Waals surface area contributed by atoms with Crippen molar-refractivity contribution in [2.75, 3.05) is 7.11 Å². The van der Waals surface area contributed by atoms with Crippen molar-refractivity contribution >= 4 is 0 Å². The Labute approximate surface area is 114 Å². The van der Waals surface area contributed by atoms with Gasteiger partial charge in [-0.3, -0.25) is 0 Å². The molecule has 2 aromatic carbocycles. The van der Waals surface area contributed by atoms with Crippen molar-refractivity contribution in [3.05, 3.63) is 64.2 Å². The number of benzene rings is 2. The molecule has 0 fully saturated rings. The van der Waals surface area contributed by atoms with Gasteiger partial charge in [0.25, 0.3) is 0 Å². The molecule has 0 amide bonds. The average molecular weight is 256 g/mol. The first kappa shape index (κ1) is 13.6. The summed E-state index contributed by atoms with van der Waals surface area (Å²) in [4.78, 5) is 0. The number of aliphatic hydroxyl groups is 1. The zero-order valence-electron chi connectivity index (χ0n) is 11.9. The minimum Gasteiger partial charge on any atom is -0.496 e. The largest absolute Gasteiger partial charge is 0.496 e. The van der Waals surface area contributed by atoms with Gasteiger partial charge >= 0.3 is 0 Å². The topological polar surface area (TPSA) is 29.5 Å². The van der Waals surface area contributed by atoms with E-state index in [1.54, 1.807) is 7.11 Å². The molecule has 0 aliphatic rings. The Bertz CT molecular complexity index is 588. The van der Waals surface area contributed by atoms with Crippen LogP contribution in [0.3, 0.4) is 0 Å². The van der Waals surface area contributed by atoms with Crippen molar-refractivity contribution in [3.63, 3.8) is 0 Å². The maximum absolute atomic E-state index is 10.7. The highest BCUT2D eigenvalue weighted by Crippen LogP contribution is 2.32. The highest BCUT2D eigenvalue weighted by atomic mass is 16.5. The zero-order valence-corrected chi connectivity index (χ0v) is 11.9. The SMILES string of the molecule is COc1ccc(C)cc1C(O)c1cc(C)ccc1C. The lowest BCUT2D eigenvalue weighted by atomic mass is 9.94. The third kappa shape index (κ3) is 2.79. The molecule has 1 atom stereocenters. The lowest BCUT2D eigenvalue weighted by Gasteiger charge is -2.18. The predicted octanol–water partition coefficient (Wildman–Crippen LogP) is 3.70. The van der Waals surface area contributed by atoms with Gasteiger partial charge in [-0.2, -0.15) is 0 Å². The molecule has 0 heterocycles. The predicted molar refractivity (Wildman–Crippen MR) is 77.7 cm³/mol. The summed E-state index contributed by atoms with van der Waals surface area (Å²) in [6, 6.07) is 12.0. The fraction of sp³-hybridized carbons (Fsp3) is 0.294. The van der Waals surface area contributed by atoms with Gasteiger partial charge in [0.2, 0.25) is 0 Å². The lowest BCUT2D eigenvalue weighted by Crippen LogP contribution is -2.05. The van der Waals surface area contributed by atoms with Crippen LogP contribution in [0.25, 0.3) is 0 Å². The van der Waals surface area contributed by atoms with Crippen molar-refractivity contribution in [1.82, 2.24) is 0 Å². The average Bonchev–Trinajstić information content (AvgIpc) is 2.40. The fourth-order valence-electron chi connectivity index (χ4n) is 2.29. The van der Waals surface area contributed by atoms with E-state index in [2.05, 4.69) is 6.07 Å². The molecule has 2 nitrogen and oxygen atoms in total. The Hall–Kier alpha value is -1.80. The number of hydrogen-bond acceptors (Lipinski definition) is 2. The van der Waals surface area contributed by atoms with Crippen LogP contribution in [-0.4, -0.2) is 12.2 Å². The van der Waals surface area contributed by atoms with E-state index in [1.807, 2.05) is 51.1 Å². The molecule has 2 rings (SSSR count). The van der Waals surface area contributed by atoms with Crippen molar-refractivity contribution in [2.24, 2.45) is 0 Å². The van der Waals surface area contributed by atoms with E-state index >= 15 is 0 Å². The van der Waals surface area contributed by atoms with Gasteiger partial charge in [-0.1, -0.05) is 35.4 Å². The van der Waals surface area contributed by atoms with Gasteiger partial charge in [0, 0.05) is 5.56 Å². The van der Waals surface area contributed by atoms with Crippen molar-refractivity contribution in [2.45, 2.75) is 26.9 Å². The van der Waals surface area contributed by atoms with Gasteiger partial charge in [-0.25, -0.2) is 0 Å². The quantitative estimate of drug-likeness (QED) is 0.907. The van der Waals surface area contributed by atoms with Crippen LogP contribution < -0.4 is 4.74 Å². The van der Waals surface area contributed by atoms with Gasteiger partial charge in [-0.15, -0.1) is 0 Å². The summed E-state index contributed by atoms with van der Waals surface area (Å²) in [5.74, 6) is 0.721. The number of ether oxygens (including phenoxy) is 1. The van der Waals surface area contributed by atoms with E-state index in [0.717, 1.165) is 33.6 Å². The Morgan fingerprint density at radius 2 is 1.47 bits per heavy atom. The van der Waals surface area contributed by atoms with Crippen LogP contribution in [0.15, 0.2) is 36.4 Å². The number of methoxy groups -OCH3 is 1. The third-order valence-electron chi connectivity index (χ3n) is 3.41. The summed E-state index contributed by atoms with van der Waals surface area (Å²) < 4.78 is 5.35. The summed E-state index contributed by atoms with van der Waals surface area (Å²) in [6.07, 6.45) is -0.658. The summed E-state index contributed by atoms with van der Waals surface area (Å²) in [5.41, 5.74) is 5.09. The van der Waals surface area contributed by atoms with Crippen LogP contribution in [0.5, 0.6) is 5.75 Å². The molecule has 0 saturated heterocycles. The summed E-state index contributed by atoms with van der Waals surface area (Å²) >= 11 is 0. The molecule has 0 saturated carbocycles. The van der Waals surface area contributed by atoms with Gasteiger partial charge in [0.05, 0.1) is 7.11 Å². The molecular weight excluding hydrogens is 236 g/mol. The molecule has 100 valence electrons. The van der Waals surface area contributed by atoms with Crippen molar-refractivity contribution in [1.29, 1.82) is 0 Å². The first-order valence-corrected chi connectivity index (χ1v) is 6.42. The zero-order chi connectivity index (χ0) is 14.0. The fourth-order valence-corrected chi connectivity index (χ4v) is 2.29. The van der Waals surface area contributed by atoms with E-state index in [0.29, 0.717) is 0 Å². The molecule has 1 N–H and O–H groups in total. The molecule has 0 bridgehead atoms. The van der Waals surface area contributed by atoms with Crippen LogP contribution in [0, 0.1) is 20.8 Å². The first-order valence-electron chi connectivity index (χ1n) is 6.42. The monoisotopic (exact) mass is 256 g/mol. The van der Waals surface area contributed by atoms with Gasteiger partial charge in [0.15, 0.2) is 0 Å². The van der Waals surface area contributed by atoms with Gasteiger partial charge in [0.1, 0.15) is 11.9 Å². The van der Waals surface area contributed by atoms with E-state index < -0.39 is 6.10 Å². The van der Waals surface area contributed by atoms with Crippen LogP contribution in [0.1, 0.15) is 33.9 Å². The molecule has 0 aromatic heterocycles. The minimum atomic E-state index is -0.658. The lowest BCUT2D eigenvalue weighted by molar-refractivity contribution is 0.214. The Morgan fingerprint density at radius 3 is 2.11 bits per heavy atom. The van der Waals surface area contributed by atoms with Crippen LogP contribution >= 0.6 is 0 Å². The Morgan fingerprint density at radius 1 is 0.895 bits per heavy atom. The van der Waals surface area contributed by atoms with Crippen LogP contribution in [-0.2, 0) is 0 Å². The molecule has 0 aliphatic heterocycles. The second-order valence-electron chi connectivity index (χ2n) is 5.01. The van der Waals surface area contributed by atoms with Crippen LogP contribution in [0.4, 0.5) is 0 Å². The van der Waals surface area contributed by atoms with Gasteiger partial charge < -0.3 is 9.84 Å². The maximum atomic E-state index is 10.7. The number of aliphatic hydroxyl groups excluding tert-OH is 1. The highest BCUT2D eigenvalue weighted by Gasteiger charge is 2.17. The second-order valence-corrected chi connectivity index (χ2v) is 5.01. The number of rotatable bonds is 3. The van der Waals surface area contributed by atoms with E-state index in [4.69, 9.17) is 4.74 Å². The minimum absolute atomic E-state index is 0.658. The number of aryl methyl sites for hydroxylation is 3. The second kappa shape index (κ2) is 5.45. The molecule has 19 heavy (non-hydrogen) atoms. The van der Waals surface area contributed by atoms with E-state index in [1.165, 1.54) is 0 Å². The molecular formula is C17H20O2. The summed E-state index contributed by atoms with van der Waals surface area (Å²) in [5, 5.41) is 10.7. The Balaban J connectivity index is 2.51. The summed E-state index contributed by atoms with van der Waals surface area (Å²) in [6.45, 7) is 6.06. The Kier molecular flexibility index (Phi) is 3.91. The molecule has 1 unspecified atom stereocenters. The maximum Gasteiger partial charge on any atom is 0.125 e. The van der Waals surface area contributed by atoms with Gasteiger partial charge in [-0.05, 0) is 44.0 Å². The first-order chi connectivity index (χ1) is 9.02. The highest BCUT2D eigenvalue weighted by molar-refractivity contribution is 5.45. The van der Waals surface area contributed by atoms with Crippen molar-refractivity contribution in [3.8, 4) is 5.75 Å². The smallest absolute Gasteiger partial charge is 0.125 e. The number of hydrogen-bond donors (Lipinski definition) is 1. The van der Waals surface area contributed by atoms with E-state index in [9.17, 15) is 5.11 Å². The molecule has 0 aliphatic carbocycles. The summed E-state index contributed by atoms with van der Waals surface area (Å²) in [7, 11) is 1.63. The molecule has 2 heteroatoms. The molecule has 0 spiro atoms. The van der Waals surface area contributed by atoms with E-state index in [-0.39, 0.29) is 0 Å². The third-order valence-corrected chi connectivity index (χ3v) is 3.41.